The number of aliphatic hydroxyl groups is 1. The summed E-state index contributed by atoms with van der Waals surface area (Å²) < 4.78 is 41.0. The van der Waals surface area contributed by atoms with E-state index in [4.69, 9.17) is 4.74 Å². The summed E-state index contributed by atoms with van der Waals surface area (Å²) in [4.78, 5) is 0. The normalized spacial score (nSPS) is 13.6. The molecule has 18 heavy (non-hydrogen) atoms. The number of methoxy groups -OCH3 is 1. The SMILES string of the molecule is COCCc1ccc(C(O)CCC(F)(F)F)cc1. The lowest BCUT2D eigenvalue weighted by Crippen LogP contribution is -2.10. The first kappa shape index (κ1) is 15.0. The summed E-state index contributed by atoms with van der Waals surface area (Å²) in [5.41, 5.74) is 1.55. The quantitative estimate of drug-likeness (QED) is 0.852. The largest absolute Gasteiger partial charge is 0.389 e. The zero-order valence-electron chi connectivity index (χ0n) is 10.2. The lowest BCUT2D eigenvalue weighted by atomic mass is 10.0. The van der Waals surface area contributed by atoms with Crippen LogP contribution in [-0.4, -0.2) is 25.0 Å². The van der Waals surface area contributed by atoms with Gasteiger partial charge in [-0.25, -0.2) is 0 Å². The summed E-state index contributed by atoms with van der Waals surface area (Å²) in [6.07, 6.45) is -5.82. The van der Waals surface area contributed by atoms with E-state index in [1.54, 1.807) is 31.4 Å². The van der Waals surface area contributed by atoms with Gasteiger partial charge in [-0.05, 0) is 24.0 Å². The van der Waals surface area contributed by atoms with Gasteiger partial charge in [0.1, 0.15) is 0 Å². The minimum Gasteiger partial charge on any atom is -0.388 e. The Balaban J connectivity index is 2.51. The predicted octanol–water partition coefficient (Wildman–Crippen LogP) is 3.25. The molecule has 1 aromatic carbocycles. The monoisotopic (exact) mass is 262 g/mol. The second-order valence-corrected chi connectivity index (χ2v) is 4.15. The van der Waals surface area contributed by atoms with Crippen molar-refractivity contribution in [3.05, 3.63) is 35.4 Å². The van der Waals surface area contributed by atoms with E-state index in [9.17, 15) is 18.3 Å². The van der Waals surface area contributed by atoms with Crippen LogP contribution in [0.4, 0.5) is 13.2 Å². The van der Waals surface area contributed by atoms with E-state index in [-0.39, 0.29) is 6.42 Å². The molecule has 1 rings (SSSR count). The number of alkyl halides is 3. The van der Waals surface area contributed by atoms with Crippen LogP contribution in [0.1, 0.15) is 30.1 Å². The van der Waals surface area contributed by atoms with Gasteiger partial charge in [0, 0.05) is 13.5 Å². The standard InChI is InChI=1S/C13H17F3O2/c1-18-9-7-10-2-4-11(5-3-10)12(17)6-8-13(14,15)16/h2-5,12,17H,6-9H2,1H3. The number of aliphatic hydroxyl groups excluding tert-OH is 1. The number of ether oxygens (including phenoxy) is 1. The first-order chi connectivity index (χ1) is 8.42. The van der Waals surface area contributed by atoms with Crippen molar-refractivity contribution in [3.63, 3.8) is 0 Å². The summed E-state index contributed by atoms with van der Waals surface area (Å²) in [5, 5.41) is 9.63. The molecule has 0 saturated heterocycles. The highest BCUT2D eigenvalue weighted by molar-refractivity contribution is 5.24. The van der Waals surface area contributed by atoms with E-state index in [2.05, 4.69) is 0 Å². The molecule has 2 nitrogen and oxygen atoms in total. The molecule has 0 bridgehead atoms. The third-order valence-electron chi connectivity index (χ3n) is 2.66. The lowest BCUT2D eigenvalue weighted by Gasteiger charge is -2.13. The number of halogens is 3. The average Bonchev–Trinajstić information content (AvgIpc) is 2.33. The maximum absolute atomic E-state index is 12.0. The molecule has 5 heteroatoms. The van der Waals surface area contributed by atoms with Crippen LogP contribution in [0.2, 0.25) is 0 Å². The highest BCUT2D eigenvalue weighted by Gasteiger charge is 2.28. The lowest BCUT2D eigenvalue weighted by molar-refractivity contribution is -0.140. The van der Waals surface area contributed by atoms with Crippen LogP contribution >= 0.6 is 0 Å². The average molecular weight is 262 g/mol. The van der Waals surface area contributed by atoms with Crippen LogP contribution in [0, 0.1) is 0 Å². The highest BCUT2D eigenvalue weighted by atomic mass is 19.4. The highest BCUT2D eigenvalue weighted by Crippen LogP contribution is 2.27. The summed E-state index contributed by atoms with van der Waals surface area (Å²) in [5.74, 6) is 0. The van der Waals surface area contributed by atoms with E-state index < -0.39 is 18.7 Å². The Morgan fingerprint density at radius 3 is 2.33 bits per heavy atom. The number of benzene rings is 1. The number of hydrogen-bond donors (Lipinski definition) is 1. The van der Waals surface area contributed by atoms with Gasteiger partial charge in [0.25, 0.3) is 0 Å². The molecule has 0 aliphatic heterocycles. The fourth-order valence-electron chi connectivity index (χ4n) is 1.59. The van der Waals surface area contributed by atoms with E-state index in [0.29, 0.717) is 12.2 Å². The molecule has 0 aliphatic carbocycles. The molecular weight excluding hydrogens is 245 g/mol. The molecule has 102 valence electrons. The molecule has 1 unspecified atom stereocenters. The van der Waals surface area contributed by atoms with E-state index in [1.807, 2.05) is 0 Å². The van der Waals surface area contributed by atoms with Gasteiger partial charge in [-0.1, -0.05) is 24.3 Å². The van der Waals surface area contributed by atoms with Gasteiger partial charge in [-0.3, -0.25) is 0 Å². The van der Waals surface area contributed by atoms with Crippen LogP contribution in [0.25, 0.3) is 0 Å². The van der Waals surface area contributed by atoms with Crippen LogP contribution < -0.4 is 0 Å². The van der Waals surface area contributed by atoms with Gasteiger partial charge >= 0.3 is 6.18 Å². The maximum atomic E-state index is 12.0. The van der Waals surface area contributed by atoms with Crippen molar-refractivity contribution in [2.45, 2.75) is 31.5 Å². The molecule has 1 aromatic rings. The van der Waals surface area contributed by atoms with Gasteiger partial charge in [-0.2, -0.15) is 13.2 Å². The van der Waals surface area contributed by atoms with Crippen LogP contribution in [0.3, 0.4) is 0 Å². The second-order valence-electron chi connectivity index (χ2n) is 4.15. The van der Waals surface area contributed by atoms with Gasteiger partial charge in [0.15, 0.2) is 0 Å². The molecule has 0 radical (unpaired) electrons. The predicted molar refractivity (Wildman–Crippen MR) is 62.3 cm³/mol. The molecule has 0 spiro atoms. The summed E-state index contributed by atoms with van der Waals surface area (Å²) >= 11 is 0. The van der Waals surface area contributed by atoms with Crippen LogP contribution in [-0.2, 0) is 11.2 Å². The molecule has 1 atom stereocenters. The van der Waals surface area contributed by atoms with Crippen molar-refractivity contribution in [2.24, 2.45) is 0 Å². The first-order valence-corrected chi connectivity index (χ1v) is 5.75. The Labute approximate surface area is 104 Å². The zero-order chi connectivity index (χ0) is 13.6. The summed E-state index contributed by atoms with van der Waals surface area (Å²) in [6.45, 7) is 0.593. The fraction of sp³-hybridized carbons (Fsp3) is 0.538. The Morgan fingerprint density at radius 2 is 1.83 bits per heavy atom. The van der Waals surface area contributed by atoms with E-state index in [1.165, 1.54) is 0 Å². The molecule has 0 aromatic heterocycles. The molecule has 0 aliphatic rings. The molecule has 0 heterocycles. The third kappa shape index (κ3) is 5.51. The zero-order valence-corrected chi connectivity index (χ0v) is 10.2. The number of rotatable bonds is 6. The van der Waals surface area contributed by atoms with Gasteiger partial charge in [0.2, 0.25) is 0 Å². The van der Waals surface area contributed by atoms with Crippen LogP contribution in [0.5, 0.6) is 0 Å². The van der Waals surface area contributed by atoms with Crippen molar-refractivity contribution in [3.8, 4) is 0 Å². The second kappa shape index (κ2) is 6.75. The Morgan fingerprint density at radius 1 is 1.22 bits per heavy atom. The van der Waals surface area contributed by atoms with Crippen molar-refractivity contribution in [1.29, 1.82) is 0 Å². The minimum absolute atomic E-state index is 0.305. The molecule has 1 N–H and O–H groups in total. The summed E-state index contributed by atoms with van der Waals surface area (Å²) in [7, 11) is 1.61. The summed E-state index contributed by atoms with van der Waals surface area (Å²) in [6, 6.07) is 6.91. The molecule has 0 saturated carbocycles. The minimum atomic E-state index is -4.22. The smallest absolute Gasteiger partial charge is 0.388 e. The van der Waals surface area contributed by atoms with Crippen molar-refractivity contribution in [2.75, 3.05) is 13.7 Å². The Kier molecular flexibility index (Phi) is 5.62. The van der Waals surface area contributed by atoms with Gasteiger partial charge < -0.3 is 9.84 Å². The topological polar surface area (TPSA) is 29.5 Å². The van der Waals surface area contributed by atoms with Crippen molar-refractivity contribution < 1.29 is 23.0 Å². The van der Waals surface area contributed by atoms with Crippen molar-refractivity contribution >= 4 is 0 Å². The van der Waals surface area contributed by atoms with Gasteiger partial charge in [-0.15, -0.1) is 0 Å². The van der Waals surface area contributed by atoms with E-state index >= 15 is 0 Å². The molecular formula is C13H17F3O2. The van der Waals surface area contributed by atoms with Crippen LogP contribution in [0.15, 0.2) is 24.3 Å². The van der Waals surface area contributed by atoms with Crippen molar-refractivity contribution in [1.82, 2.24) is 0 Å². The Bertz CT molecular complexity index is 346. The molecule has 0 amide bonds. The Hall–Kier alpha value is -1.07. The molecule has 0 fully saturated rings. The number of hydrogen-bond acceptors (Lipinski definition) is 2. The van der Waals surface area contributed by atoms with Gasteiger partial charge in [0.05, 0.1) is 12.7 Å². The van der Waals surface area contributed by atoms with E-state index in [0.717, 1.165) is 12.0 Å². The third-order valence-corrected chi connectivity index (χ3v) is 2.66. The fourth-order valence-corrected chi connectivity index (χ4v) is 1.59. The maximum Gasteiger partial charge on any atom is 0.389 e. The first-order valence-electron chi connectivity index (χ1n) is 5.75.